The van der Waals surface area contributed by atoms with Crippen molar-refractivity contribution in [2.45, 2.75) is 19.8 Å². The Morgan fingerprint density at radius 1 is 0.857 bits per heavy atom. The quantitative estimate of drug-likeness (QED) is 0.295. The summed E-state index contributed by atoms with van der Waals surface area (Å²) < 4.78 is 0. The highest BCUT2D eigenvalue weighted by Gasteiger charge is 2.20. The van der Waals surface area contributed by atoms with E-state index in [0.29, 0.717) is 5.92 Å². The molecule has 0 saturated carbocycles. The number of thiophene rings is 1. The second kappa shape index (κ2) is 6.96. The van der Waals surface area contributed by atoms with Crippen LogP contribution in [0.25, 0.3) is 42.3 Å². The molecule has 0 amide bonds. The minimum absolute atomic E-state index is 0.462. The van der Waals surface area contributed by atoms with Crippen LogP contribution in [-0.2, 0) is 0 Å². The summed E-state index contributed by atoms with van der Waals surface area (Å²) >= 11 is 10.0. The van der Waals surface area contributed by atoms with Gasteiger partial charge in [0.2, 0.25) is 0 Å². The zero-order chi connectivity index (χ0) is 19.3. The summed E-state index contributed by atoms with van der Waals surface area (Å²) in [6.45, 7) is 4.43. The first-order valence-electron chi connectivity index (χ1n) is 9.16. The molecule has 0 spiro atoms. The van der Waals surface area contributed by atoms with E-state index in [4.69, 9.17) is 21.6 Å². The van der Waals surface area contributed by atoms with Crippen LogP contribution in [0.5, 0.6) is 0 Å². The highest BCUT2D eigenvalue weighted by Crippen LogP contribution is 2.44. The highest BCUT2D eigenvalue weighted by molar-refractivity contribution is 7.22. The Bertz CT molecular complexity index is 1300. The van der Waals surface area contributed by atoms with Gasteiger partial charge in [0.25, 0.3) is 0 Å². The molecule has 3 heterocycles. The van der Waals surface area contributed by atoms with E-state index in [1.165, 1.54) is 4.88 Å². The van der Waals surface area contributed by atoms with Gasteiger partial charge in [0, 0.05) is 32.0 Å². The first kappa shape index (κ1) is 17.8. The van der Waals surface area contributed by atoms with E-state index in [0.717, 1.165) is 47.3 Å². The van der Waals surface area contributed by atoms with Gasteiger partial charge >= 0.3 is 0 Å². The number of aromatic nitrogens is 2. The molecule has 2 aromatic carbocycles. The Morgan fingerprint density at radius 3 is 2.36 bits per heavy atom. The number of rotatable bonds is 3. The average Bonchev–Trinajstić information content (AvgIpc) is 3.31. The van der Waals surface area contributed by atoms with Gasteiger partial charge in [0.15, 0.2) is 0 Å². The minimum atomic E-state index is 0.462. The number of hydrogen-bond donors (Lipinski definition) is 0. The Labute approximate surface area is 176 Å². The van der Waals surface area contributed by atoms with Gasteiger partial charge < -0.3 is 0 Å². The second-order valence-corrected chi connectivity index (χ2v) is 9.47. The monoisotopic (exact) mass is 420 g/mol. The molecule has 138 valence electrons. The molecule has 5 rings (SSSR count). The van der Waals surface area contributed by atoms with Crippen molar-refractivity contribution in [3.05, 3.63) is 70.6 Å². The number of hydrogen-bond acceptors (Lipinski definition) is 4. The lowest BCUT2D eigenvalue weighted by molar-refractivity contribution is 0.890. The van der Waals surface area contributed by atoms with Gasteiger partial charge in [-0.2, -0.15) is 0 Å². The maximum Gasteiger partial charge on any atom is 0.146 e. The van der Waals surface area contributed by atoms with Crippen molar-refractivity contribution < 1.29 is 0 Å². The van der Waals surface area contributed by atoms with Gasteiger partial charge in [-0.25, -0.2) is 9.97 Å². The first-order valence-corrected chi connectivity index (χ1v) is 11.2. The van der Waals surface area contributed by atoms with Crippen LogP contribution in [0.15, 0.2) is 60.7 Å². The molecule has 0 saturated heterocycles. The fraction of sp³-hybridized carbons (Fsp3) is 0.130. The molecule has 0 bridgehead atoms. The SMILES string of the molecule is CC(C)c1cc2c(-c3ccccc3Cl)c3nc(-c4ccccc4)sc3nc2s1. The molecule has 2 nitrogen and oxygen atoms in total. The number of halogens is 1. The summed E-state index contributed by atoms with van der Waals surface area (Å²) in [6, 6.07) is 20.5. The third-order valence-electron chi connectivity index (χ3n) is 4.78. The van der Waals surface area contributed by atoms with Crippen molar-refractivity contribution in [3.63, 3.8) is 0 Å². The van der Waals surface area contributed by atoms with Crippen LogP contribution in [0.4, 0.5) is 0 Å². The zero-order valence-corrected chi connectivity index (χ0v) is 17.8. The molecule has 0 unspecified atom stereocenters. The van der Waals surface area contributed by atoms with E-state index >= 15 is 0 Å². The summed E-state index contributed by atoms with van der Waals surface area (Å²) in [5.41, 5.74) is 4.14. The standard InChI is InChI=1S/C23H17ClN2S2/c1-13(2)18-12-16-19(15-10-6-7-11-17(15)24)20-23(26-22(16)27-18)28-21(25-20)14-8-4-3-5-9-14/h3-13H,1-2H3. The van der Waals surface area contributed by atoms with E-state index in [-0.39, 0.29) is 0 Å². The van der Waals surface area contributed by atoms with Crippen molar-refractivity contribution in [3.8, 4) is 21.7 Å². The molecule has 0 fully saturated rings. The number of thiazole rings is 1. The molecule has 5 aromatic rings. The predicted molar refractivity (Wildman–Crippen MR) is 123 cm³/mol. The molecule has 5 heteroatoms. The van der Waals surface area contributed by atoms with E-state index in [9.17, 15) is 0 Å². The van der Waals surface area contributed by atoms with Crippen molar-refractivity contribution in [2.75, 3.05) is 0 Å². The van der Waals surface area contributed by atoms with Crippen molar-refractivity contribution in [1.29, 1.82) is 0 Å². The molecule has 0 aliphatic rings. The van der Waals surface area contributed by atoms with E-state index in [1.807, 2.05) is 36.4 Å². The third kappa shape index (κ3) is 2.93. The minimum Gasteiger partial charge on any atom is -0.234 e. The fourth-order valence-corrected chi connectivity index (χ4v) is 5.64. The Morgan fingerprint density at radius 2 is 1.61 bits per heavy atom. The van der Waals surface area contributed by atoms with Gasteiger partial charge in [0.05, 0.1) is 0 Å². The Kier molecular flexibility index (Phi) is 4.43. The Balaban J connectivity index is 1.87. The van der Waals surface area contributed by atoms with Gasteiger partial charge in [-0.1, -0.05) is 85.3 Å². The number of benzene rings is 2. The summed E-state index contributed by atoms with van der Waals surface area (Å²) in [7, 11) is 0. The van der Waals surface area contributed by atoms with Crippen LogP contribution in [0.2, 0.25) is 5.02 Å². The summed E-state index contributed by atoms with van der Waals surface area (Å²) in [5.74, 6) is 0.462. The van der Waals surface area contributed by atoms with Crippen LogP contribution in [-0.4, -0.2) is 9.97 Å². The van der Waals surface area contributed by atoms with Gasteiger partial charge in [-0.05, 0) is 18.1 Å². The van der Waals surface area contributed by atoms with E-state index in [2.05, 4.69) is 38.1 Å². The van der Waals surface area contributed by atoms with Crippen LogP contribution in [0.3, 0.4) is 0 Å². The van der Waals surface area contributed by atoms with Gasteiger partial charge in [-0.3, -0.25) is 0 Å². The lowest BCUT2D eigenvalue weighted by atomic mass is 10.0. The first-order chi connectivity index (χ1) is 13.6. The van der Waals surface area contributed by atoms with Gasteiger partial charge in [0.1, 0.15) is 20.2 Å². The third-order valence-corrected chi connectivity index (χ3v) is 7.44. The lowest BCUT2D eigenvalue weighted by Crippen LogP contribution is -1.86. The Hall–Kier alpha value is -2.27. The molecule has 3 aromatic heterocycles. The van der Waals surface area contributed by atoms with Crippen LogP contribution >= 0.6 is 34.3 Å². The van der Waals surface area contributed by atoms with Crippen molar-refractivity contribution >= 4 is 54.8 Å². The largest absolute Gasteiger partial charge is 0.234 e. The van der Waals surface area contributed by atoms with Crippen molar-refractivity contribution in [2.24, 2.45) is 0 Å². The van der Waals surface area contributed by atoms with E-state index < -0.39 is 0 Å². The normalized spacial score (nSPS) is 11.7. The molecule has 0 radical (unpaired) electrons. The maximum absolute atomic E-state index is 6.61. The molecule has 28 heavy (non-hydrogen) atoms. The van der Waals surface area contributed by atoms with Crippen LogP contribution in [0.1, 0.15) is 24.6 Å². The zero-order valence-electron chi connectivity index (χ0n) is 15.4. The second-order valence-electron chi connectivity index (χ2n) is 7.03. The number of pyridine rings is 1. The maximum atomic E-state index is 6.61. The van der Waals surface area contributed by atoms with Gasteiger partial charge in [-0.15, -0.1) is 11.3 Å². The summed E-state index contributed by atoms with van der Waals surface area (Å²) in [5, 5.41) is 2.86. The number of nitrogens with zero attached hydrogens (tertiary/aromatic N) is 2. The highest BCUT2D eigenvalue weighted by atomic mass is 35.5. The van der Waals surface area contributed by atoms with Crippen LogP contribution < -0.4 is 0 Å². The smallest absolute Gasteiger partial charge is 0.146 e. The van der Waals surface area contributed by atoms with Crippen LogP contribution in [0, 0.1) is 0 Å². The molecule has 0 aliphatic carbocycles. The molecule has 0 aliphatic heterocycles. The summed E-state index contributed by atoms with van der Waals surface area (Å²) in [6.07, 6.45) is 0. The predicted octanol–water partition coefficient (Wildman–Crippen LogP) is 8.02. The molecular weight excluding hydrogens is 404 g/mol. The van der Waals surface area contributed by atoms with E-state index in [1.54, 1.807) is 22.7 Å². The average molecular weight is 421 g/mol. The molecule has 0 N–H and O–H groups in total. The fourth-order valence-electron chi connectivity index (χ4n) is 3.36. The number of fused-ring (bicyclic) bond motifs is 2. The topological polar surface area (TPSA) is 25.8 Å². The lowest BCUT2D eigenvalue weighted by Gasteiger charge is -2.07. The summed E-state index contributed by atoms with van der Waals surface area (Å²) in [4.78, 5) is 13.3. The molecular formula is C23H17ClN2S2. The van der Waals surface area contributed by atoms with Crippen molar-refractivity contribution in [1.82, 2.24) is 9.97 Å². The molecule has 0 atom stereocenters.